The highest BCUT2D eigenvalue weighted by Crippen LogP contribution is 2.34. The van der Waals surface area contributed by atoms with Crippen molar-refractivity contribution in [1.29, 1.82) is 0 Å². The molecule has 1 fully saturated rings. The Labute approximate surface area is 187 Å². The molecule has 1 heterocycles. The van der Waals surface area contributed by atoms with Crippen molar-refractivity contribution >= 4 is 30.2 Å². The van der Waals surface area contributed by atoms with Gasteiger partial charge in [-0.25, -0.2) is 4.79 Å². The van der Waals surface area contributed by atoms with E-state index < -0.39 is 10.9 Å². The molecule has 0 aromatic heterocycles. The van der Waals surface area contributed by atoms with Crippen LogP contribution in [0.2, 0.25) is 0 Å². The van der Waals surface area contributed by atoms with Crippen LogP contribution in [-0.4, -0.2) is 62.8 Å². The van der Waals surface area contributed by atoms with E-state index in [9.17, 15) is 24.8 Å². The summed E-state index contributed by atoms with van der Waals surface area (Å²) in [7, 11) is 0. The van der Waals surface area contributed by atoms with Gasteiger partial charge in [0.25, 0.3) is 5.69 Å². The second-order valence-electron chi connectivity index (χ2n) is 7.38. The Morgan fingerprint density at radius 3 is 2.29 bits per heavy atom. The zero-order chi connectivity index (χ0) is 23.2. The monoisotopic (exact) mass is 452 g/mol. The number of aliphatic hydroxyl groups is 1. The van der Waals surface area contributed by atoms with E-state index in [2.05, 4.69) is 12.6 Å². The minimum atomic E-state index is -0.808. The van der Waals surface area contributed by atoms with Crippen LogP contribution in [0.1, 0.15) is 39.2 Å². The van der Waals surface area contributed by atoms with E-state index in [-0.39, 0.29) is 42.2 Å². The Morgan fingerprint density at radius 2 is 1.84 bits per heavy atom. The van der Waals surface area contributed by atoms with Gasteiger partial charge < -0.3 is 14.3 Å². The molecule has 0 aliphatic carbocycles. The van der Waals surface area contributed by atoms with Gasteiger partial charge in [0.2, 0.25) is 5.91 Å². The molecule has 1 aromatic carbocycles. The van der Waals surface area contributed by atoms with Crippen LogP contribution in [0, 0.1) is 10.1 Å². The number of rotatable bonds is 11. The van der Waals surface area contributed by atoms with E-state index in [1.54, 1.807) is 0 Å². The van der Waals surface area contributed by atoms with Crippen molar-refractivity contribution in [2.24, 2.45) is 0 Å². The largest absolute Gasteiger partial charge is 0.510 e. The molecule has 1 aliphatic heterocycles. The second kappa shape index (κ2) is 10.6. The molecule has 1 N–H and O–H groups in total. The lowest BCUT2D eigenvalue weighted by molar-refractivity contribution is -0.958. The van der Waals surface area contributed by atoms with Crippen LogP contribution < -0.4 is 0 Å². The average Bonchev–Trinajstić information content (AvgIpc) is 2.76. The molecule has 1 amide bonds. The van der Waals surface area contributed by atoms with Crippen molar-refractivity contribution in [1.82, 2.24) is 4.90 Å². The summed E-state index contributed by atoms with van der Waals surface area (Å²) in [4.78, 5) is 37.1. The molecule has 1 aliphatic rings. The van der Waals surface area contributed by atoms with Crippen molar-refractivity contribution < 1.29 is 28.8 Å². The van der Waals surface area contributed by atoms with Crippen molar-refractivity contribution in [3.05, 3.63) is 51.4 Å². The number of hydrogen-bond donors (Lipinski definition) is 2. The van der Waals surface area contributed by atoms with Gasteiger partial charge in [0.15, 0.2) is 11.9 Å². The van der Waals surface area contributed by atoms with E-state index in [0.29, 0.717) is 22.2 Å². The molecule has 9 nitrogen and oxygen atoms in total. The van der Waals surface area contributed by atoms with Crippen molar-refractivity contribution in [3.8, 4) is 0 Å². The summed E-state index contributed by atoms with van der Waals surface area (Å²) in [5.41, 5.74) is 0.346. The first-order valence-corrected chi connectivity index (χ1v) is 11.0. The van der Waals surface area contributed by atoms with Crippen LogP contribution in [0.3, 0.4) is 0 Å². The van der Waals surface area contributed by atoms with Crippen LogP contribution in [0.15, 0.2) is 35.7 Å². The van der Waals surface area contributed by atoms with Crippen LogP contribution in [0.25, 0.3) is 0 Å². The van der Waals surface area contributed by atoms with Gasteiger partial charge in [0.1, 0.15) is 18.8 Å². The second-order valence-corrected chi connectivity index (χ2v) is 7.83. The normalized spacial score (nSPS) is 17.1. The first kappa shape index (κ1) is 24.7. The summed E-state index contributed by atoms with van der Waals surface area (Å²) in [5.74, 6) is -0.983. The number of quaternary nitrogens is 1. The highest BCUT2D eigenvalue weighted by Gasteiger charge is 2.52. The van der Waals surface area contributed by atoms with E-state index >= 15 is 0 Å². The third-order valence-electron chi connectivity index (χ3n) is 6.02. The standard InChI is InChI=1S/C21H29N3O6S/c1-4-24(5-2,6-3)18-13-19(26)22(18)20(17(25)11-12-31)21(27)30-14-15-7-9-16(10-8-15)23(28)29/h7-10,18H,4-6,11-14H2,1-3H3,(H-,25,27,31)/p+1. The molecule has 0 bridgehead atoms. The van der Waals surface area contributed by atoms with Gasteiger partial charge in [-0.05, 0) is 44.2 Å². The zero-order valence-corrected chi connectivity index (χ0v) is 19.0. The van der Waals surface area contributed by atoms with Gasteiger partial charge in [-0.2, -0.15) is 12.6 Å². The smallest absolute Gasteiger partial charge is 0.359 e. The molecule has 0 radical (unpaired) electrons. The Balaban J connectivity index is 2.27. The maximum Gasteiger partial charge on any atom is 0.359 e. The van der Waals surface area contributed by atoms with E-state index in [0.717, 1.165) is 19.6 Å². The fourth-order valence-electron chi connectivity index (χ4n) is 3.93. The minimum Gasteiger partial charge on any atom is -0.510 e. The third-order valence-corrected chi connectivity index (χ3v) is 6.24. The first-order valence-electron chi connectivity index (χ1n) is 10.4. The lowest BCUT2D eigenvalue weighted by Crippen LogP contribution is -2.70. The molecule has 0 saturated carbocycles. The number of carbonyl (C=O) groups is 2. The van der Waals surface area contributed by atoms with Crippen LogP contribution in [-0.2, 0) is 20.9 Å². The number of nitro groups is 1. The first-order chi connectivity index (χ1) is 14.7. The van der Waals surface area contributed by atoms with Gasteiger partial charge in [-0.1, -0.05) is 0 Å². The zero-order valence-electron chi connectivity index (χ0n) is 18.1. The lowest BCUT2D eigenvalue weighted by atomic mass is 10.0. The van der Waals surface area contributed by atoms with Crippen LogP contribution in [0.4, 0.5) is 5.69 Å². The van der Waals surface area contributed by atoms with E-state index in [4.69, 9.17) is 4.74 Å². The number of allylic oxidation sites excluding steroid dienone is 1. The van der Waals surface area contributed by atoms with Gasteiger partial charge in [0, 0.05) is 18.6 Å². The quantitative estimate of drug-likeness (QED) is 0.0780. The summed E-state index contributed by atoms with van der Waals surface area (Å²) >= 11 is 4.12. The number of ether oxygens (including phenoxy) is 1. The summed E-state index contributed by atoms with van der Waals surface area (Å²) < 4.78 is 5.98. The Kier molecular flexibility index (Phi) is 8.46. The molecular formula is C21H30N3O6S+. The number of carbonyl (C=O) groups excluding carboxylic acids is 2. The summed E-state index contributed by atoms with van der Waals surface area (Å²) in [5, 5.41) is 21.4. The summed E-state index contributed by atoms with van der Waals surface area (Å²) in [6, 6.07) is 5.63. The predicted octanol–water partition coefficient (Wildman–Crippen LogP) is 3.16. The molecule has 31 heavy (non-hydrogen) atoms. The maximum absolute atomic E-state index is 13.0. The third kappa shape index (κ3) is 5.19. The predicted molar refractivity (Wildman–Crippen MR) is 118 cm³/mol. The SMILES string of the molecule is CC[N+](CC)(CC)C1CC(=O)N1/C(C(=O)OCc1ccc([N+](=O)[O-])cc1)=C(/O)CCS. The van der Waals surface area contributed by atoms with Gasteiger partial charge in [-0.3, -0.25) is 19.8 Å². The molecular weight excluding hydrogens is 422 g/mol. The number of amides is 1. The van der Waals surface area contributed by atoms with Crippen LogP contribution >= 0.6 is 12.6 Å². The molecule has 0 spiro atoms. The van der Waals surface area contributed by atoms with Crippen molar-refractivity contribution in [2.45, 2.75) is 46.4 Å². The molecule has 170 valence electrons. The number of nitrogens with zero attached hydrogens (tertiary/aromatic N) is 3. The van der Waals surface area contributed by atoms with Crippen LogP contribution in [0.5, 0.6) is 0 Å². The number of likely N-dealkylation sites (tertiary alicyclic amines) is 1. The molecule has 2 rings (SSSR count). The average molecular weight is 453 g/mol. The fraction of sp³-hybridized carbons (Fsp3) is 0.524. The van der Waals surface area contributed by atoms with E-state index in [1.165, 1.54) is 29.2 Å². The Morgan fingerprint density at radius 1 is 1.26 bits per heavy atom. The number of aliphatic hydroxyl groups excluding tert-OH is 1. The number of non-ortho nitro benzene ring substituents is 1. The summed E-state index contributed by atoms with van der Waals surface area (Å²) in [6.07, 6.45) is 0.158. The Bertz CT molecular complexity index is 843. The summed E-state index contributed by atoms with van der Waals surface area (Å²) in [6.45, 7) is 8.31. The number of hydrogen-bond acceptors (Lipinski definition) is 7. The minimum absolute atomic E-state index is 0.0658. The molecule has 1 unspecified atom stereocenters. The van der Waals surface area contributed by atoms with Gasteiger partial charge in [0.05, 0.1) is 24.6 Å². The van der Waals surface area contributed by atoms with E-state index in [1.807, 2.05) is 20.8 Å². The highest BCUT2D eigenvalue weighted by molar-refractivity contribution is 7.80. The number of benzene rings is 1. The molecule has 1 saturated heterocycles. The highest BCUT2D eigenvalue weighted by atomic mass is 32.1. The van der Waals surface area contributed by atoms with Crippen molar-refractivity contribution in [2.75, 3.05) is 25.4 Å². The number of nitro benzene ring substituents is 1. The number of thiol groups is 1. The lowest BCUT2D eigenvalue weighted by Gasteiger charge is -2.52. The van der Waals surface area contributed by atoms with Gasteiger partial charge >= 0.3 is 5.97 Å². The van der Waals surface area contributed by atoms with Gasteiger partial charge in [-0.15, -0.1) is 0 Å². The Hall–Kier alpha value is -2.59. The number of esters is 1. The molecule has 1 atom stereocenters. The maximum atomic E-state index is 13.0. The topological polar surface area (TPSA) is 110 Å². The molecule has 1 aromatic rings. The van der Waals surface area contributed by atoms with Crippen molar-refractivity contribution in [3.63, 3.8) is 0 Å². The number of β-lactam (4-membered cyclic amide) rings is 1. The fourth-order valence-corrected chi connectivity index (χ4v) is 4.14. The molecule has 10 heteroatoms.